The fourth-order valence-electron chi connectivity index (χ4n) is 3.42. The number of aromatic nitrogens is 2. The van der Waals surface area contributed by atoms with Crippen molar-refractivity contribution >= 4 is 40.5 Å². The van der Waals surface area contributed by atoms with Gasteiger partial charge in [-0.1, -0.05) is 23.7 Å². The van der Waals surface area contributed by atoms with Crippen LogP contribution < -0.4 is 30.2 Å². The van der Waals surface area contributed by atoms with Crippen LogP contribution in [-0.4, -0.2) is 37.3 Å². The van der Waals surface area contributed by atoms with Crippen LogP contribution in [0.3, 0.4) is 0 Å². The summed E-state index contributed by atoms with van der Waals surface area (Å²) in [5.41, 5.74) is 3.46. The molecule has 0 aliphatic carbocycles. The molecule has 3 aromatic carbocycles. The van der Waals surface area contributed by atoms with Crippen LogP contribution in [0.5, 0.6) is 17.2 Å². The third-order valence-corrected chi connectivity index (χ3v) is 5.36. The van der Waals surface area contributed by atoms with E-state index in [4.69, 9.17) is 25.8 Å². The van der Waals surface area contributed by atoms with Gasteiger partial charge in [0.15, 0.2) is 11.5 Å². The molecule has 1 heterocycles. The summed E-state index contributed by atoms with van der Waals surface area (Å²) in [6.45, 7) is 0. The number of ether oxygens (including phenoxy) is 3. The van der Waals surface area contributed by atoms with Crippen molar-refractivity contribution in [2.75, 3.05) is 37.3 Å². The molecule has 0 saturated carbocycles. The summed E-state index contributed by atoms with van der Waals surface area (Å²) in [5, 5.41) is 9.36. The van der Waals surface area contributed by atoms with Gasteiger partial charge in [0, 0.05) is 39.8 Å². The Morgan fingerprint density at radius 3 is 1.92 bits per heavy atom. The topological polar surface area (TPSA) is 107 Å². The molecule has 0 radical (unpaired) electrons. The molecule has 0 spiro atoms. The number of hydrogen-bond donors (Lipinski definition) is 3. The van der Waals surface area contributed by atoms with Crippen LogP contribution in [0, 0.1) is 0 Å². The second-order valence-electron chi connectivity index (χ2n) is 7.49. The average Bonchev–Trinajstić information content (AvgIpc) is 2.90. The number of nitrogens with zero attached hydrogens (tertiary/aromatic N) is 2. The van der Waals surface area contributed by atoms with Gasteiger partial charge >= 0.3 is 6.03 Å². The second-order valence-corrected chi connectivity index (χ2v) is 7.93. The van der Waals surface area contributed by atoms with Crippen molar-refractivity contribution < 1.29 is 19.0 Å². The highest BCUT2D eigenvalue weighted by Gasteiger charge is 2.14. The van der Waals surface area contributed by atoms with Gasteiger partial charge in [-0.15, -0.1) is 0 Å². The number of methoxy groups -OCH3 is 3. The Morgan fingerprint density at radius 1 is 0.778 bits per heavy atom. The lowest BCUT2D eigenvalue weighted by atomic mass is 10.1. The van der Waals surface area contributed by atoms with E-state index in [2.05, 4.69) is 25.9 Å². The van der Waals surface area contributed by atoms with E-state index in [1.54, 1.807) is 82.3 Å². The SMILES string of the molecule is COc1cc(Nc2cncc(-c3ccc(NC(=O)Nc4ccc(Cl)cc4)cc3)n2)cc(OC)c1OC. The van der Waals surface area contributed by atoms with Crippen molar-refractivity contribution in [3.05, 3.63) is 78.1 Å². The van der Waals surface area contributed by atoms with E-state index in [0.717, 1.165) is 5.56 Å². The molecule has 10 heteroatoms. The molecule has 36 heavy (non-hydrogen) atoms. The quantitative estimate of drug-likeness (QED) is 0.261. The maximum Gasteiger partial charge on any atom is 0.323 e. The van der Waals surface area contributed by atoms with Gasteiger partial charge in [0.05, 0.1) is 39.4 Å². The fourth-order valence-corrected chi connectivity index (χ4v) is 3.54. The summed E-state index contributed by atoms with van der Waals surface area (Å²) < 4.78 is 16.2. The first-order valence-corrected chi connectivity index (χ1v) is 11.2. The molecule has 0 unspecified atom stereocenters. The van der Waals surface area contributed by atoms with Gasteiger partial charge in [-0.2, -0.15) is 0 Å². The normalized spacial score (nSPS) is 10.3. The lowest BCUT2D eigenvalue weighted by Gasteiger charge is -2.15. The van der Waals surface area contributed by atoms with Crippen LogP contribution >= 0.6 is 11.6 Å². The second kappa shape index (κ2) is 11.3. The van der Waals surface area contributed by atoms with E-state index in [0.29, 0.717) is 50.8 Å². The fraction of sp³-hybridized carbons (Fsp3) is 0.115. The molecule has 2 amide bonds. The lowest BCUT2D eigenvalue weighted by Crippen LogP contribution is -2.19. The molecule has 0 aliphatic heterocycles. The summed E-state index contributed by atoms with van der Waals surface area (Å²) in [4.78, 5) is 21.2. The highest BCUT2D eigenvalue weighted by molar-refractivity contribution is 6.30. The minimum atomic E-state index is -0.360. The lowest BCUT2D eigenvalue weighted by molar-refractivity contribution is 0.262. The Kier molecular flexibility index (Phi) is 7.72. The Bertz CT molecular complexity index is 1320. The van der Waals surface area contributed by atoms with E-state index in [9.17, 15) is 4.79 Å². The van der Waals surface area contributed by atoms with Gasteiger partial charge in [0.2, 0.25) is 5.75 Å². The van der Waals surface area contributed by atoms with E-state index >= 15 is 0 Å². The van der Waals surface area contributed by atoms with Crippen molar-refractivity contribution in [3.63, 3.8) is 0 Å². The third-order valence-electron chi connectivity index (χ3n) is 5.11. The molecular formula is C26H24ClN5O4. The zero-order chi connectivity index (χ0) is 25.5. The maximum absolute atomic E-state index is 12.3. The first kappa shape index (κ1) is 24.6. The molecule has 0 bridgehead atoms. The van der Waals surface area contributed by atoms with Gasteiger partial charge in [-0.05, 0) is 36.4 Å². The van der Waals surface area contributed by atoms with E-state index in [1.165, 1.54) is 0 Å². The summed E-state index contributed by atoms with van der Waals surface area (Å²) >= 11 is 5.87. The molecule has 9 nitrogen and oxygen atoms in total. The van der Waals surface area contributed by atoms with Gasteiger partial charge in [0.25, 0.3) is 0 Å². The zero-order valence-electron chi connectivity index (χ0n) is 19.8. The molecule has 3 N–H and O–H groups in total. The molecule has 4 aromatic rings. The summed E-state index contributed by atoms with van der Waals surface area (Å²) in [6.07, 6.45) is 3.28. The Hall–Kier alpha value is -4.50. The first-order chi connectivity index (χ1) is 17.5. The van der Waals surface area contributed by atoms with Crippen LogP contribution in [0.15, 0.2) is 73.1 Å². The molecule has 0 atom stereocenters. The number of carbonyl (C=O) groups excluding carboxylic acids is 1. The number of urea groups is 1. The van der Waals surface area contributed by atoms with Crippen LogP contribution in [0.4, 0.5) is 27.7 Å². The number of amides is 2. The number of carbonyl (C=O) groups is 1. The number of benzene rings is 3. The monoisotopic (exact) mass is 505 g/mol. The minimum Gasteiger partial charge on any atom is -0.493 e. The number of nitrogens with one attached hydrogen (secondary N) is 3. The predicted octanol–water partition coefficient (Wildman–Crippen LogP) is 6.21. The van der Waals surface area contributed by atoms with Gasteiger partial charge in [-0.3, -0.25) is 4.98 Å². The van der Waals surface area contributed by atoms with Gasteiger partial charge in [-0.25, -0.2) is 9.78 Å². The minimum absolute atomic E-state index is 0.360. The Labute approximate surface area is 213 Å². The summed E-state index contributed by atoms with van der Waals surface area (Å²) in [6, 6.07) is 17.4. The predicted molar refractivity (Wildman–Crippen MR) is 141 cm³/mol. The standard InChI is InChI=1S/C26H24ClN5O4/c1-34-22-12-20(13-23(35-2)25(22)36-3)29-24-15-28-14-21(32-24)16-4-8-18(9-5-16)30-26(33)31-19-10-6-17(27)7-11-19/h4-15H,1-3H3,(H,29,32)(H2,30,31,33). The third kappa shape index (κ3) is 5.94. The molecule has 0 saturated heterocycles. The number of rotatable bonds is 8. The highest BCUT2D eigenvalue weighted by Crippen LogP contribution is 2.40. The first-order valence-electron chi connectivity index (χ1n) is 10.8. The molecule has 0 aliphatic rings. The Balaban J connectivity index is 1.45. The number of halogens is 1. The van der Waals surface area contributed by atoms with Crippen molar-refractivity contribution in [1.29, 1.82) is 0 Å². The largest absolute Gasteiger partial charge is 0.493 e. The van der Waals surface area contributed by atoms with Crippen molar-refractivity contribution in [3.8, 4) is 28.5 Å². The Morgan fingerprint density at radius 2 is 1.36 bits per heavy atom. The van der Waals surface area contributed by atoms with Crippen molar-refractivity contribution in [2.24, 2.45) is 0 Å². The van der Waals surface area contributed by atoms with Crippen molar-refractivity contribution in [1.82, 2.24) is 9.97 Å². The number of anilines is 4. The van der Waals surface area contributed by atoms with E-state index in [-0.39, 0.29) is 6.03 Å². The van der Waals surface area contributed by atoms with Crippen LogP contribution in [0.25, 0.3) is 11.3 Å². The summed E-state index contributed by atoms with van der Waals surface area (Å²) in [7, 11) is 4.66. The average molecular weight is 506 g/mol. The smallest absolute Gasteiger partial charge is 0.323 e. The zero-order valence-corrected chi connectivity index (χ0v) is 20.6. The van der Waals surface area contributed by atoms with E-state index in [1.807, 2.05) is 12.1 Å². The molecule has 0 fully saturated rings. The molecule has 184 valence electrons. The van der Waals surface area contributed by atoms with Crippen LogP contribution in [0.1, 0.15) is 0 Å². The van der Waals surface area contributed by atoms with Crippen LogP contribution in [-0.2, 0) is 0 Å². The molecule has 1 aromatic heterocycles. The van der Waals surface area contributed by atoms with Crippen LogP contribution in [0.2, 0.25) is 5.02 Å². The van der Waals surface area contributed by atoms with Gasteiger partial charge in [0.1, 0.15) is 5.82 Å². The molecule has 4 rings (SSSR count). The number of hydrogen-bond acceptors (Lipinski definition) is 7. The van der Waals surface area contributed by atoms with Crippen molar-refractivity contribution in [2.45, 2.75) is 0 Å². The van der Waals surface area contributed by atoms with E-state index < -0.39 is 0 Å². The summed E-state index contributed by atoms with van der Waals surface area (Å²) in [5.74, 6) is 2.07. The maximum atomic E-state index is 12.3. The van der Waals surface area contributed by atoms with Gasteiger partial charge < -0.3 is 30.2 Å². The molecular weight excluding hydrogens is 482 g/mol. The highest BCUT2D eigenvalue weighted by atomic mass is 35.5.